The second-order valence-electron chi connectivity index (χ2n) is 3.64. The molecule has 0 bridgehead atoms. The van der Waals surface area contributed by atoms with E-state index in [4.69, 9.17) is 5.73 Å². The van der Waals surface area contributed by atoms with Crippen LogP contribution >= 0.6 is 0 Å². The predicted octanol–water partition coefficient (Wildman–Crippen LogP) is 2.22. The van der Waals surface area contributed by atoms with E-state index in [0.717, 1.165) is 19.5 Å². The first kappa shape index (κ1) is 13.3. The van der Waals surface area contributed by atoms with Crippen LogP contribution in [0.2, 0.25) is 0 Å². The molecule has 0 saturated heterocycles. The van der Waals surface area contributed by atoms with Crippen molar-refractivity contribution in [1.82, 2.24) is 4.90 Å². The minimum Gasteiger partial charge on any atom is -0.370 e. The summed E-state index contributed by atoms with van der Waals surface area (Å²) in [5, 5.41) is 0. The molecule has 0 aromatic heterocycles. The molecular formula is C11H25N3. The molecule has 1 unspecified atom stereocenters. The standard InChI is InChI=1S/C11H25N3/c1-5-8-9-14(10(4)6-2)11(12)13-7-3/h10H,5-9H2,1-4H3,(H2,12,13). The molecule has 3 heteroatoms. The van der Waals surface area contributed by atoms with Crippen LogP contribution in [0.15, 0.2) is 4.99 Å². The van der Waals surface area contributed by atoms with E-state index in [1.54, 1.807) is 0 Å². The average Bonchev–Trinajstić information content (AvgIpc) is 2.18. The smallest absolute Gasteiger partial charge is 0.191 e. The van der Waals surface area contributed by atoms with Crippen LogP contribution in [0.1, 0.15) is 47.0 Å². The largest absolute Gasteiger partial charge is 0.370 e. The molecule has 84 valence electrons. The fourth-order valence-corrected chi connectivity index (χ4v) is 1.36. The highest BCUT2D eigenvalue weighted by atomic mass is 15.3. The first-order chi connectivity index (χ1) is 6.67. The molecule has 0 saturated carbocycles. The maximum Gasteiger partial charge on any atom is 0.191 e. The molecule has 0 spiro atoms. The van der Waals surface area contributed by atoms with Gasteiger partial charge in [-0.15, -0.1) is 0 Å². The van der Waals surface area contributed by atoms with Crippen LogP contribution in [0.25, 0.3) is 0 Å². The summed E-state index contributed by atoms with van der Waals surface area (Å²) in [7, 11) is 0. The third-order valence-corrected chi connectivity index (χ3v) is 2.49. The van der Waals surface area contributed by atoms with Crippen LogP contribution in [-0.2, 0) is 0 Å². The zero-order chi connectivity index (χ0) is 11.0. The van der Waals surface area contributed by atoms with Crippen molar-refractivity contribution < 1.29 is 0 Å². The second-order valence-corrected chi connectivity index (χ2v) is 3.64. The van der Waals surface area contributed by atoms with Gasteiger partial charge in [0.25, 0.3) is 0 Å². The summed E-state index contributed by atoms with van der Waals surface area (Å²) in [4.78, 5) is 6.48. The number of nitrogens with two attached hydrogens (primary N) is 1. The molecule has 0 heterocycles. The van der Waals surface area contributed by atoms with E-state index in [-0.39, 0.29) is 0 Å². The molecular weight excluding hydrogens is 174 g/mol. The summed E-state index contributed by atoms with van der Waals surface area (Å²) in [6.07, 6.45) is 3.50. The van der Waals surface area contributed by atoms with Gasteiger partial charge in [0.05, 0.1) is 0 Å². The predicted molar refractivity (Wildman–Crippen MR) is 63.5 cm³/mol. The molecule has 0 aliphatic carbocycles. The minimum atomic E-state index is 0.497. The quantitative estimate of drug-likeness (QED) is 0.526. The number of unbranched alkanes of at least 4 members (excludes halogenated alkanes) is 1. The Kier molecular flexibility index (Phi) is 7.25. The SMILES string of the molecule is CCCCN(C(N)=NCC)C(C)CC. The average molecular weight is 199 g/mol. The van der Waals surface area contributed by atoms with Gasteiger partial charge in [-0.05, 0) is 26.7 Å². The van der Waals surface area contributed by atoms with Gasteiger partial charge in [0.15, 0.2) is 5.96 Å². The van der Waals surface area contributed by atoms with E-state index in [9.17, 15) is 0 Å². The summed E-state index contributed by atoms with van der Waals surface area (Å²) >= 11 is 0. The highest BCUT2D eigenvalue weighted by molar-refractivity contribution is 5.78. The zero-order valence-electron chi connectivity index (χ0n) is 10.1. The summed E-state index contributed by atoms with van der Waals surface area (Å²) < 4.78 is 0. The molecule has 0 aromatic carbocycles. The van der Waals surface area contributed by atoms with E-state index in [1.165, 1.54) is 12.8 Å². The van der Waals surface area contributed by atoms with Crippen LogP contribution in [0, 0.1) is 0 Å². The van der Waals surface area contributed by atoms with Crippen LogP contribution in [0.3, 0.4) is 0 Å². The van der Waals surface area contributed by atoms with Crippen molar-refractivity contribution in [3.05, 3.63) is 0 Å². The van der Waals surface area contributed by atoms with Crippen molar-refractivity contribution in [1.29, 1.82) is 0 Å². The van der Waals surface area contributed by atoms with Crippen molar-refractivity contribution in [2.45, 2.75) is 53.0 Å². The maximum atomic E-state index is 5.92. The molecule has 0 aliphatic rings. The fourth-order valence-electron chi connectivity index (χ4n) is 1.36. The van der Waals surface area contributed by atoms with Gasteiger partial charge in [0.2, 0.25) is 0 Å². The van der Waals surface area contributed by atoms with E-state index in [1.807, 2.05) is 6.92 Å². The molecule has 1 atom stereocenters. The van der Waals surface area contributed by atoms with Gasteiger partial charge in [-0.25, -0.2) is 0 Å². The molecule has 0 fully saturated rings. The number of nitrogens with zero attached hydrogens (tertiary/aromatic N) is 2. The van der Waals surface area contributed by atoms with Crippen molar-refractivity contribution in [2.24, 2.45) is 10.7 Å². The van der Waals surface area contributed by atoms with Crippen LogP contribution in [-0.4, -0.2) is 30.0 Å². The van der Waals surface area contributed by atoms with Gasteiger partial charge in [0.1, 0.15) is 0 Å². The highest BCUT2D eigenvalue weighted by Crippen LogP contribution is 2.05. The first-order valence-corrected chi connectivity index (χ1v) is 5.73. The van der Waals surface area contributed by atoms with E-state index in [0.29, 0.717) is 12.0 Å². The summed E-state index contributed by atoms with van der Waals surface area (Å²) in [5.74, 6) is 0.704. The lowest BCUT2D eigenvalue weighted by Crippen LogP contribution is -2.43. The molecule has 0 amide bonds. The molecule has 2 N–H and O–H groups in total. The molecule has 0 aromatic rings. The third kappa shape index (κ3) is 4.49. The Bertz CT molecular complexity index is 166. The van der Waals surface area contributed by atoms with Crippen LogP contribution in [0.5, 0.6) is 0 Å². The van der Waals surface area contributed by atoms with Gasteiger partial charge < -0.3 is 10.6 Å². The number of rotatable bonds is 6. The van der Waals surface area contributed by atoms with Crippen molar-refractivity contribution in [3.63, 3.8) is 0 Å². The zero-order valence-corrected chi connectivity index (χ0v) is 10.1. The lowest BCUT2D eigenvalue weighted by Gasteiger charge is -2.29. The Balaban J connectivity index is 4.29. The Labute approximate surface area is 88.4 Å². The highest BCUT2D eigenvalue weighted by Gasteiger charge is 2.12. The number of hydrogen-bond acceptors (Lipinski definition) is 1. The minimum absolute atomic E-state index is 0.497. The van der Waals surface area contributed by atoms with Crippen molar-refractivity contribution >= 4 is 5.96 Å². The Morgan fingerprint density at radius 2 is 2.00 bits per heavy atom. The summed E-state index contributed by atoms with van der Waals surface area (Å²) in [6.45, 7) is 10.4. The topological polar surface area (TPSA) is 41.6 Å². The van der Waals surface area contributed by atoms with Gasteiger partial charge in [-0.3, -0.25) is 4.99 Å². The number of aliphatic imine (C=N–C) groups is 1. The third-order valence-electron chi connectivity index (χ3n) is 2.49. The molecule has 3 nitrogen and oxygen atoms in total. The van der Waals surface area contributed by atoms with Gasteiger partial charge in [-0.1, -0.05) is 20.3 Å². The summed E-state index contributed by atoms with van der Waals surface area (Å²) in [5.41, 5.74) is 5.92. The molecule has 0 radical (unpaired) electrons. The van der Waals surface area contributed by atoms with Crippen LogP contribution < -0.4 is 5.73 Å². The van der Waals surface area contributed by atoms with Crippen LogP contribution in [0.4, 0.5) is 0 Å². The van der Waals surface area contributed by atoms with E-state index < -0.39 is 0 Å². The van der Waals surface area contributed by atoms with E-state index >= 15 is 0 Å². The first-order valence-electron chi connectivity index (χ1n) is 5.73. The van der Waals surface area contributed by atoms with Gasteiger partial charge in [-0.2, -0.15) is 0 Å². The normalized spacial score (nSPS) is 14.1. The molecule has 0 rings (SSSR count). The Morgan fingerprint density at radius 1 is 1.36 bits per heavy atom. The fraction of sp³-hybridized carbons (Fsp3) is 0.909. The van der Waals surface area contributed by atoms with Crippen molar-refractivity contribution in [2.75, 3.05) is 13.1 Å². The second kappa shape index (κ2) is 7.65. The Hall–Kier alpha value is -0.730. The maximum absolute atomic E-state index is 5.92. The van der Waals surface area contributed by atoms with Crippen molar-refractivity contribution in [3.8, 4) is 0 Å². The monoisotopic (exact) mass is 199 g/mol. The summed E-state index contributed by atoms with van der Waals surface area (Å²) in [6, 6.07) is 0.497. The van der Waals surface area contributed by atoms with Gasteiger partial charge in [0, 0.05) is 19.1 Å². The molecule has 14 heavy (non-hydrogen) atoms. The van der Waals surface area contributed by atoms with E-state index in [2.05, 4.69) is 30.7 Å². The Morgan fingerprint density at radius 3 is 2.43 bits per heavy atom. The van der Waals surface area contributed by atoms with Gasteiger partial charge >= 0.3 is 0 Å². The lowest BCUT2D eigenvalue weighted by molar-refractivity contribution is 0.312. The number of guanidine groups is 1. The number of hydrogen-bond donors (Lipinski definition) is 1. The molecule has 0 aliphatic heterocycles. The lowest BCUT2D eigenvalue weighted by atomic mass is 10.2.